The minimum absolute atomic E-state index is 0.156. The first-order valence-electron chi connectivity index (χ1n) is 7.63. The summed E-state index contributed by atoms with van der Waals surface area (Å²) < 4.78 is 0. The second-order valence-electron chi connectivity index (χ2n) is 5.45. The van der Waals surface area contributed by atoms with Crippen LogP contribution in [-0.4, -0.2) is 21.1 Å². The van der Waals surface area contributed by atoms with Gasteiger partial charge in [-0.2, -0.15) is 0 Å². The van der Waals surface area contributed by atoms with Crippen molar-refractivity contribution >= 4 is 44.7 Å². The summed E-state index contributed by atoms with van der Waals surface area (Å²) in [5, 5.41) is 13.4. The van der Waals surface area contributed by atoms with Crippen LogP contribution >= 0.6 is 22.9 Å². The molecule has 0 unspecified atom stereocenters. The highest BCUT2D eigenvalue weighted by Crippen LogP contribution is 2.31. The molecular weight excluding hydrogens is 372 g/mol. The van der Waals surface area contributed by atoms with E-state index in [0.717, 1.165) is 5.56 Å². The molecule has 0 atom stereocenters. The molecule has 0 aliphatic rings. The van der Waals surface area contributed by atoms with Crippen molar-refractivity contribution < 1.29 is 4.79 Å². The lowest BCUT2D eigenvalue weighted by Crippen LogP contribution is -2.18. The molecular formula is C18H11ClN4O2S. The highest BCUT2D eigenvalue weighted by Gasteiger charge is 2.14. The van der Waals surface area contributed by atoms with E-state index >= 15 is 0 Å². The number of rotatable bonds is 3. The normalized spacial score (nSPS) is 10.8. The monoisotopic (exact) mass is 382 g/mol. The van der Waals surface area contributed by atoms with Crippen molar-refractivity contribution in [1.82, 2.24) is 15.2 Å². The summed E-state index contributed by atoms with van der Waals surface area (Å²) in [7, 11) is 0. The maximum absolute atomic E-state index is 12.5. The Hall–Kier alpha value is -3.03. The Bertz CT molecular complexity index is 1190. The van der Waals surface area contributed by atoms with Crippen LogP contribution in [0.3, 0.4) is 0 Å². The Morgan fingerprint density at radius 2 is 1.85 bits per heavy atom. The van der Waals surface area contributed by atoms with E-state index in [-0.39, 0.29) is 11.3 Å². The molecule has 0 bridgehead atoms. The summed E-state index contributed by atoms with van der Waals surface area (Å²) in [6.07, 6.45) is 0. The van der Waals surface area contributed by atoms with Gasteiger partial charge in [0.05, 0.1) is 5.02 Å². The van der Waals surface area contributed by atoms with Gasteiger partial charge in [0.1, 0.15) is 5.69 Å². The Kier molecular flexibility index (Phi) is 4.24. The average molecular weight is 383 g/mol. The van der Waals surface area contributed by atoms with Crippen LogP contribution in [0.2, 0.25) is 5.02 Å². The van der Waals surface area contributed by atoms with E-state index in [1.807, 2.05) is 24.3 Å². The van der Waals surface area contributed by atoms with Crippen molar-refractivity contribution in [3.63, 3.8) is 0 Å². The van der Waals surface area contributed by atoms with Gasteiger partial charge in [-0.3, -0.25) is 14.9 Å². The first kappa shape index (κ1) is 16.4. The summed E-state index contributed by atoms with van der Waals surface area (Å²) in [4.78, 5) is 27.1. The molecule has 4 aromatic rings. The van der Waals surface area contributed by atoms with E-state index in [9.17, 15) is 9.59 Å². The fourth-order valence-corrected chi connectivity index (χ4v) is 3.57. The third-order valence-corrected chi connectivity index (χ3v) is 4.95. The van der Waals surface area contributed by atoms with Crippen LogP contribution in [0.15, 0.2) is 59.4 Å². The number of carbonyl (C=O) groups is 1. The highest BCUT2D eigenvalue weighted by atomic mass is 35.5. The Morgan fingerprint density at radius 3 is 2.69 bits per heavy atom. The number of carbonyl (C=O) groups excluding carboxylic acids is 1. The number of nitrogens with zero attached hydrogens (tertiary/aromatic N) is 2. The molecule has 1 amide bonds. The molecule has 0 spiro atoms. The molecule has 2 aromatic heterocycles. The number of amides is 1. The molecule has 128 valence electrons. The number of aromatic amines is 1. The second-order valence-corrected chi connectivity index (χ2v) is 6.83. The second kappa shape index (κ2) is 6.70. The van der Waals surface area contributed by atoms with Crippen LogP contribution in [-0.2, 0) is 0 Å². The summed E-state index contributed by atoms with van der Waals surface area (Å²) in [6, 6.07) is 16.0. The van der Waals surface area contributed by atoms with Gasteiger partial charge in [-0.15, -0.1) is 10.2 Å². The first-order chi connectivity index (χ1) is 12.6. The highest BCUT2D eigenvalue weighted by molar-refractivity contribution is 7.18. The molecule has 8 heteroatoms. The lowest BCUT2D eigenvalue weighted by atomic mass is 10.1. The molecule has 26 heavy (non-hydrogen) atoms. The number of nitrogens with one attached hydrogen (secondary N) is 2. The Balaban J connectivity index is 1.61. The molecule has 2 N–H and O–H groups in total. The van der Waals surface area contributed by atoms with Gasteiger partial charge in [0.25, 0.3) is 11.5 Å². The SMILES string of the molecule is O=C(Nc1nnc(-c2ccccc2Cl)s1)c1cc2ccccc2c(=O)[nH]1. The summed E-state index contributed by atoms with van der Waals surface area (Å²) in [5.74, 6) is -0.463. The molecule has 6 nitrogen and oxygen atoms in total. The molecule has 0 aliphatic carbocycles. The molecule has 0 fully saturated rings. The third kappa shape index (κ3) is 3.10. The minimum Gasteiger partial charge on any atom is -0.317 e. The fraction of sp³-hybridized carbons (Fsp3) is 0. The van der Waals surface area contributed by atoms with E-state index in [1.54, 1.807) is 30.3 Å². The van der Waals surface area contributed by atoms with Crippen LogP contribution < -0.4 is 10.9 Å². The number of halogens is 1. The maximum Gasteiger partial charge on any atom is 0.274 e. The summed E-state index contributed by atoms with van der Waals surface area (Å²) in [5.41, 5.74) is 0.580. The minimum atomic E-state index is -0.463. The van der Waals surface area contributed by atoms with Crippen molar-refractivity contribution in [2.45, 2.75) is 0 Å². The van der Waals surface area contributed by atoms with Gasteiger partial charge in [0, 0.05) is 10.9 Å². The number of H-pyrrole nitrogens is 1. The molecule has 0 saturated carbocycles. The smallest absolute Gasteiger partial charge is 0.274 e. The van der Waals surface area contributed by atoms with Crippen molar-refractivity contribution in [1.29, 1.82) is 0 Å². The standard InChI is InChI=1S/C18H11ClN4O2S/c19-13-8-4-3-7-12(13)17-22-23-18(26-17)21-16(25)14-9-10-5-1-2-6-11(10)15(24)20-14/h1-9H,(H,20,24)(H,21,23,25). The van der Waals surface area contributed by atoms with Gasteiger partial charge >= 0.3 is 0 Å². The number of hydrogen-bond acceptors (Lipinski definition) is 5. The molecule has 0 saturated heterocycles. The molecule has 0 radical (unpaired) electrons. The number of hydrogen-bond donors (Lipinski definition) is 2. The summed E-state index contributed by atoms with van der Waals surface area (Å²) >= 11 is 7.35. The number of anilines is 1. The third-order valence-electron chi connectivity index (χ3n) is 3.75. The quantitative estimate of drug-likeness (QED) is 0.561. The lowest BCUT2D eigenvalue weighted by molar-refractivity contribution is 0.102. The zero-order chi connectivity index (χ0) is 18.1. The zero-order valence-electron chi connectivity index (χ0n) is 13.2. The van der Waals surface area contributed by atoms with Gasteiger partial charge in [0.15, 0.2) is 5.01 Å². The predicted molar refractivity (Wildman–Crippen MR) is 103 cm³/mol. The Morgan fingerprint density at radius 1 is 1.08 bits per heavy atom. The van der Waals surface area contributed by atoms with Crippen LogP contribution in [0.5, 0.6) is 0 Å². The van der Waals surface area contributed by atoms with Gasteiger partial charge in [-0.05, 0) is 23.6 Å². The van der Waals surface area contributed by atoms with Gasteiger partial charge in [-0.25, -0.2) is 0 Å². The van der Waals surface area contributed by atoms with E-state index in [4.69, 9.17) is 11.6 Å². The van der Waals surface area contributed by atoms with Gasteiger partial charge in [0.2, 0.25) is 5.13 Å². The number of benzene rings is 2. The topological polar surface area (TPSA) is 87.7 Å². The van der Waals surface area contributed by atoms with E-state index in [1.165, 1.54) is 11.3 Å². The van der Waals surface area contributed by atoms with Gasteiger partial charge < -0.3 is 4.98 Å². The largest absolute Gasteiger partial charge is 0.317 e. The maximum atomic E-state index is 12.5. The van der Waals surface area contributed by atoms with Crippen LogP contribution in [0, 0.1) is 0 Å². The molecule has 2 heterocycles. The lowest BCUT2D eigenvalue weighted by Gasteiger charge is -2.03. The fourth-order valence-electron chi connectivity index (χ4n) is 2.51. The number of pyridine rings is 1. The van der Waals surface area contributed by atoms with Crippen LogP contribution in [0.4, 0.5) is 5.13 Å². The molecule has 0 aliphatic heterocycles. The van der Waals surface area contributed by atoms with E-state index in [2.05, 4.69) is 20.5 Å². The summed E-state index contributed by atoms with van der Waals surface area (Å²) in [6.45, 7) is 0. The zero-order valence-corrected chi connectivity index (χ0v) is 14.8. The molecule has 4 rings (SSSR count). The Labute approximate surface area is 156 Å². The van der Waals surface area contributed by atoms with Crippen LogP contribution in [0.1, 0.15) is 10.5 Å². The van der Waals surface area contributed by atoms with Crippen molar-refractivity contribution in [2.24, 2.45) is 0 Å². The number of aromatic nitrogens is 3. The average Bonchev–Trinajstić information content (AvgIpc) is 3.10. The van der Waals surface area contributed by atoms with Crippen molar-refractivity contribution in [3.05, 3.63) is 75.7 Å². The number of fused-ring (bicyclic) bond motifs is 1. The van der Waals surface area contributed by atoms with Crippen molar-refractivity contribution in [2.75, 3.05) is 5.32 Å². The van der Waals surface area contributed by atoms with Crippen LogP contribution in [0.25, 0.3) is 21.3 Å². The van der Waals surface area contributed by atoms with E-state index < -0.39 is 5.91 Å². The predicted octanol–water partition coefficient (Wildman–Crippen LogP) is 3.95. The van der Waals surface area contributed by atoms with Crippen molar-refractivity contribution in [3.8, 4) is 10.6 Å². The van der Waals surface area contributed by atoms with E-state index in [0.29, 0.717) is 25.9 Å². The molecule has 2 aromatic carbocycles. The first-order valence-corrected chi connectivity index (χ1v) is 8.83. The van der Waals surface area contributed by atoms with Gasteiger partial charge in [-0.1, -0.05) is 59.3 Å².